The van der Waals surface area contributed by atoms with Gasteiger partial charge in [-0.15, -0.1) is 12.4 Å². The Balaban J connectivity index is 0.00000256. The number of aryl methyl sites for hydroxylation is 2. The molecule has 3 nitrogen and oxygen atoms in total. The summed E-state index contributed by atoms with van der Waals surface area (Å²) in [6, 6.07) is 2.95. The molecule has 98 valence electrons. The van der Waals surface area contributed by atoms with Gasteiger partial charge in [-0.1, -0.05) is 13.8 Å². The van der Waals surface area contributed by atoms with Crippen LogP contribution < -0.4 is 5.73 Å². The number of aliphatic hydroxyl groups is 1. The lowest BCUT2D eigenvalue weighted by molar-refractivity contribution is 0.0975. The summed E-state index contributed by atoms with van der Waals surface area (Å²) >= 11 is 0. The quantitative estimate of drug-likeness (QED) is 0.781. The SMILES string of the molecule is Cc1cc(O)cc(C)c1[C@H](N)[C@H](O)C(C)C.Cl. The molecule has 0 aliphatic heterocycles. The van der Waals surface area contributed by atoms with Crippen LogP contribution in [-0.4, -0.2) is 16.3 Å². The molecule has 1 aromatic carbocycles. The van der Waals surface area contributed by atoms with E-state index in [9.17, 15) is 10.2 Å². The van der Waals surface area contributed by atoms with E-state index >= 15 is 0 Å². The summed E-state index contributed by atoms with van der Waals surface area (Å²) in [6.07, 6.45) is -0.568. The summed E-state index contributed by atoms with van der Waals surface area (Å²) in [5.74, 6) is 0.354. The summed E-state index contributed by atoms with van der Waals surface area (Å²) < 4.78 is 0. The fourth-order valence-corrected chi connectivity index (χ4v) is 2.06. The van der Waals surface area contributed by atoms with E-state index in [2.05, 4.69) is 0 Å². The van der Waals surface area contributed by atoms with E-state index in [1.54, 1.807) is 12.1 Å². The van der Waals surface area contributed by atoms with Crippen LogP contribution >= 0.6 is 12.4 Å². The molecule has 4 N–H and O–H groups in total. The highest BCUT2D eigenvalue weighted by Crippen LogP contribution is 2.28. The van der Waals surface area contributed by atoms with Crippen LogP contribution in [0.15, 0.2) is 12.1 Å². The number of aromatic hydroxyl groups is 1. The first-order valence-corrected chi connectivity index (χ1v) is 5.58. The van der Waals surface area contributed by atoms with E-state index in [0.29, 0.717) is 0 Å². The van der Waals surface area contributed by atoms with Crippen LogP contribution in [0.1, 0.15) is 36.6 Å². The minimum absolute atomic E-state index is 0. The van der Waals surface area contributed by atoms with E-state index in [0.717, 1.165) is 16.7 Å². The molecule has 0 spiro atoms. The average Bonchev–Trinajstić information content (AvgIpc) is 2.14. The minimum Gasteiger partial charge on any atom is -0.508 e. The zero-order valence-corrected chi connectivity index (χ0v) is 11.6. The van der Waals surface area contributed by atoms with Crippen molar-refractivity contribution < 1.29 is 10.2 Å². The predicted molar refractivity (Wildman–Crippen MR) is 72.6 cm³/mol. The maximum absolute atomic E-state index is 9.98. The molecule has 1 rings (SSSR count). The molecule has 0 saturated heterocycles. The molecule has 0 aliphatic carbocycles. The second kappa shape index (κ2) is 6.24. The summed E-state index contributed by atoms with van der Waals surface area (Å²) in [7, 11) is 0. The highest BCUT2D eigenvalue weighted by Gasteiger charge is 2.23. The van der Waals surface area contributed by atoms with Gasteiger partial charge in [0.15, 0.2) is 0 Å². The number of phenols is 1. The molecule has 4 heteroatoms. The van der Waals surface area contributed by atoms with Gasteiger partial charge >= 0.3 is 0 Å². The van der Waals surface area contributed by atoms with Crippen molar-refractivity contribution in [2.24, 2.45) is 11.7 Å². The van der Waals surface area contributed by atoms with Crippen LogP contribution in [0.25, 0.3) is 0 Å². The molecule has 17 heavy (non-hydrogen) atoms. The molecular formula is C13H22ClNO2. The third kappa shape index (κ3) is 3.60. The molecule has 0 aliphatic rings. The molecule has 1 aromatic rings. The standard InChI is InChI=1S/C13H21NO2.ClH/c1-7(2)13(16)12(14)11-8(3)5-10(15)6-9(11)4;/h5-7,12-13,15-16H,14H2,1-4H3;1H/t12-,13+;/m0./s1. The van der Waals surface area contributed by atoms with E-state index < -0.39 is 12.1 Å². The predicted octanol–water partition coefficient (Wildman–Crippen LogP) is 2.45. The van der Waals surface area contributed by atoms with E-state index in [4.69, 9.17) is 5.73 Å². The number of nitrogens with two attached hydrogens (primary N) is 1. The molecule has 0 bridgehead atoms. The van der Waals surface area contributed by atoms with Crippen LogP contribution in [0, 0.1) is 19.8 Å². The average molecular weight is 260 g/mol. The van der Waals surface area contributed by atoms with Gasteiger partial charge < -0.3 is 15.9 Å². The Bertz CT molecular complexity index is 357. The van der Waals surface area contributed by atoms with Crippen molar-refractivity contribution >= 4 is 12.4 Å². The smallest absolute Gasteiger partial charge is 0.116 e. The molecular weight excluding hydrogens is 238 g/mol. The summed E-state index contributed by atoms with van der Waals surface area (Å²) in [4.78, 5) is 0. The number of aliphatic hydroxyl groups excluding tert-OH is 1. The Morgan fingerprint density at radius 2 is 1.53 bits per heavy atom. The number of phenolic OH excluding ortho intramolecular Hbond substituents is 1. The lowest BCUT2D eigenvalue weighted by Crippen LogP contribution is -2.31. The van der Waals surface area contributed by atoms with Gasteiger partial charge in [0.05, 0.1) is 12.1 Å². The zero-order valence-electron chi connectivity index (χ0n) is 10.8. The topological polar surface area (TPSA) is 66.5 Å². The first kappa shape index (κ1) is 16.2. The van der Waals surface area contributed by atoms with E-state index in [-0.39, 0.29) is 24.1 Å². The molecule has 2 atom stereocenters. The van der Waals surface area contributed by atoms with Gasteiger partial charge in [0, 0.05) is 0 Å². The van der Waals surface area contributed by atoms with Gasteiger partial charge in [-0.2, -0.15) is 0 Å². The number of hydrogen-bond acceptors (Lipinski definition) is 3. The molecule has 0 radical (unpaired) electrons. The van der Waals surface area contributed by atoms with Crippen LogP contribution in [-0.2, 0) is 0 Å². The van der Waals surface area contributed by atoms with Gasteiger partial charge in [0.2, 0.25) is 0 Å². The van der Waals surface area contributed by atoms with Crippen molar-refractivity contribution in [1.29, 1.82) is 0 Å². The first-order chi connectivity index (χ1) is 7.34. The molecule has 0 unspecified atom stereocenters. The normalized spacial score (nSPS) is 14.3. The number of halogens is 1. The summed E-state index contributed by atoms with van der Waals surface area (Å²) in [5, 5.41) is 19.4. The van der Waals surface area contributed by atoms with Crippen LogP contribution in [0.4, 0.5) is 0 Å². The number of hydrogen-bond donors (Lipinski definition) is 3. The van der Waals surface area contributed by atoms with Gasteiger partial charge in [-0.3, -0.25) is 0 Å². The first-order valence-electron chi connectivity index (χ1n) is 5.58. The molecule has 0 fully saturated rings. The van der Waals surface area contributed by atoms with E-state index in [1.807, 2.05) is 27.7 Å². The Hall–Kier alpha value is -0.770. The largest absolute Gasteiger partial charge is 0.508 e. The second-order valence-corrected chi connectivity index (χ2v) is 4.75. The highest BCUT2D eigenvalue weighted by atomic mass is 35.5. The summed E-state index contributed by atoms with van der Waals surface area (Å²) in [5.41, 5.74) is 8.83. The maximum atomic E-state index is 9.98. The van der Waals surface area contributed by atoms with Gasteiger partial charge in [-0.05, 0) is 48.6 Å². The fraction of sp³-hybridized carbons (Fsp3) is 0.538. The Morgan fingerprint density at radius 3 is 1.88 bits per heavy atom. The van der Waals surface area contributed by atoms with Crippen molar-refractivity contribution in [2.45, 2.75) is 39.8 Å². The Labute approximate surface area is 109 Å². The summed E-state index contributed by atoms with van der Waals surface area (Å²) in [6.45, 7) is 7.68. The van der Waals surface area contributed by atoms with Gasteiger partial charge in [-0.25, -0.2) is 0 Å². The molecule has 0 aromatic heterocycles. The third-order valence-corrected chi connectivity index (χ3v) is 2.96. The van der Waals surface area contributed by atoms with E-state index in [1.165, 1.54) is 0 Å². The van der Waals surface area contributed by atoms with Crippen LogP contribution in [0.5, 0.6) is 5.75 Å². The van der Waals surface area contributed by atoms with Crippen LogP contribution in [0.3, 0.4) is 0 Å². The van der Waals surface area contributed by atoms with Gasteiger partial charge in [0.25, 0.3) is 0 Å². The third-order valence-electron chi connectivity index (χ3n) is 2.96. The Kier molecular flexibility index (Phi) is 5.96. The zero-order chi connectivity index (χ0) is 12.5. The monoisotopic (exact) mass is 259 g/mol. The van der Waals surface area contributed by atoms with Crippen molar-refractivity contribution in [2.75, 3.05) is 0 Å². The lowest BCUT2D eigenvalue weighted by atomic mass is 9.89. The van der Waals surface area contributed by atoms with Crippen molar-refractivity contribution in [3.05, 3.63) is 28.8 Å². The molecule has 0 amide bonds. The number of rotatable bonds is 3. The molecule has 0 saturated carbocycles. The fourth-order valence-electron chi connectivity index (χ4n) is 2.06. The van der Waals surface area contributed by atoms with Crippen molar-refractivity contribution in [3.8, 4) is 5.75 Å². The maximum Gasteiger partial charge on any atom is 0.116 e. The number of benzene rings is 1. The Morgan fingerprint density at radius 1 is 1.12 bits per heavy atom. The van der Waals surface area contributed by atoms with Crippen LogP contribution in [0.2, 0.25) is 0 Å². The minimum atomic E-state index is -0.568. The van der Waals surface area contributed by atoms with Gasteiger partial charge in [0.1, 0.15) is 5.75 Å². The second-order valence-electron chi connectivity index (χ2n) is 4.75. The highest BCUT2D eigenvalue weighted by molar-refractivity contribution is 5.85. The van der Waals surface area contributed by atoms with Crippen molar-refractivity contribution in [3.63, 3.8) is 0 Å². The molecule has 0 heterocycles. The van der Waals surface area contributed by atoms with Crippen molar-refractivity contribution in [1.82, 2.24) is 0 Å². The lowest BCUT2D eigenvalue weighted by Gasteiger charge is -2.25.